The molecule has 0 N–H and O–H groups in total. The minimum absolute atomic E-state index is 0.203. The zero-order valence-electron chi connectivity index (χ0n) is 10.8. The quantitative estimate of drug-likeness (QED) is 0.711. The van der Waals surface area contributed by atoms with Gasteiger partial charge in [0, 0.05) is 5.56 Å². The third-order valence-electron chi connectivity index (χ3n) is 2.39. The van der Waals surface area contributed by atoms with Gasteiger partial charge in [0.25, 0.3) is 0 Å². The van der Waals surface area contributed by atoms with Gasteiger partial charge >= 0.3 is 9.76 Å². The Kier molecular flexibility index (Phi) is 3.97. The maximum Gasteiger partial charge on any atom is 0.316 e. The van der Waals surface area contributed by atoms with Crippen LogP contribution in [0.4, 0.5) is 0 Å². The molecule has 2 radical (unpaired) electrons. The normalized spacial score (nSPS) is 11.3. The second-order valence-corrected chi connectivity index (χ2v) is 6.99. The van der Waals surface area contributed by atoms with Gasteiger partial charge in [-0.1, -0.05) is 45.6 Å². The predicted octanol–water partition coefficient (Wildman–Crippen LogP) is 4.16. The molecule has 1 aromatic rings. The van der Waals surface area contributed by atoms with E-state index >= 15 is 0 Å². The summed E-state index contributed by atoms with van der Waals surface area (Å²) in [5.74, 6) is 0.989. The lowest BCUT2D eigenvalue weighted by molar-refractivity contribution is 0.539. The summed E-state index contributed by atoms with van der Waals surface area (Å²) in [7, 11) is 0.463. The van der Waals surface area contributed by atoms with E-state index in [9.17, 15) is 0 Å². The highest BCUT2D eigenvalue weighted by molar-refractivity contribution is 6.32. The molecule has 0 heterocycles. The van der Waals surface area contributed by atoms with Crippen molar-refractivity contribution in [1.82, 2.24) is 0 Å². The van der Waals surface area contributed by atoms with Crippen LogP contribution in [0.5, 0.6) is 5.75 Å². The van der Waals surface area contributed by atoms with E-state index in [-0.39, 0.29) is 5.04 Å². The summed E-state index contributed by atoms with van der Waals surface area (Å²) in [5.41, 5.74) is 3.56. The van der Waals surface area contributed by atoms with Crippen LogP contribution in [0.15, 0.2) is 18.7 Å². The Balaban J connectivity index is 3.01. The highest BCUT2D eigenvalue weighted by Crippen LogP contribution is 2.29. The Morgan fingerprint density at radius 1 is 1.25 bits per heavy atom. The molecular weight excluding hydrogens is 212 g/mol. The Morgan fingerprint density at radius 2 is 1.88 bits per heavy atom. The van der Waals surface area contributed by atoms with Gasteiger partial charge in [0.15, 0.2) is 0 Å². The molecule has 1 rings (SSSR count). The zero-order valence-corrected chi connectivity index (χ0v) is 11.8. The van der Waals surface area contributed by atoms with Crippen molar-refractivity contribution in [2.45, 2.75) is 39.7 Å². The molecular formula is C14H20OSi. The highest BCUT2D eigenvalue weighted by atomic mass is 28.2. The van der Waals surface area contributed by atoms with Crippen molar-refractivity contribution in [1.29, 1.82) is 0 Å². The second-order valence-electron chi connectivity index (χ2n) is 5.08. The molecule has 1 nitrogen and oxygen atoms in total. The van der Waals surface area contributed by atoms with Crippen LogP contribution in [0.25, 0.3) is 6.08 Å². The van der Waals surface area contributed by atoms with E-state index in [1.54, 1.807) is 0 Å². The van der Waals surface area contributed by atoms with Crippen molar-refractivity contribution in [3.05, 3.63) is 35.4 Å². The minimum atomic E-state index is 0.203. The van der Waals surface area contributed by atoms with Crippen molar-refractivity contribution < 1.29 is 4.43 Å². The first-order chi connectivity index (χ1) is 7.35. The molecule has 0 fully saturated rings. The number of benzene rings is 1. The largest absolute Gasteiger partial charge is 0.540 e. The van der Waals surface area contributed by atoms with Gasteiger partial charge in [0.2, 0.25) is 0 Å². The average Bonchev–Trinajstić information content (AvgIpc) is 2.19. The first-order valence-corrected chi connectivity index (χ1v) is 6.42. The van der Waals surface area contributed by atoms with Crippen LogP contribution >= 0.6 is 0 Å². The summed E-state index contributed by atoms with van der Waals surface area (Å²) in [6.07, 6.45) is 1.86. The van der Waals surface area contributed by atoms with E-state index in [0.717, 1.165) is 11.3 Å². The van der Waals surface area contributed by atoms with Gasteiger partial charge in [-0.25, -0.2) is 0 Å². The molecule has 0 unspecified atom stereocenters. The average molecular weight is 232 g/mol. The first kappa shape index (κ1) is 13.0. The van der Waals surface area contributed by atoms with Gasteiger partial charge in [0.1, 0.15) is 5.75 Å². The molecule has 0 saturated heterocycles. The Morgan fingerprint density at radius 3 is 2.38 bits per heavy atom. The molecule has 0 aliphatic carbocycles. The molecule has 0 bridgehead atoms. The third-order valence-corrected chi connectivity index (χ3v) is 3.30. The maximum atomic E-state index is 5.96. The standard InChI is InChI=1S/C14H20OSi/c1-7-12-9-8-10(2)11(3)13(12)15-16-14(4,5)6/h7-9H,1H2,2-6H3. The van der Waals surface area contributed by atoms with E-state index in [2.05, 4.69) is 53.3 Å². The minimum Gasteiger partial charge on any atom is -0.540 e. The molecule has 0 spiro atoms. The fourth-order valence-electron chi connectivity index (χ4n) is 1.31. The van der Waals surface area contributed by atoms with E-state index < -0.39 is 0 Å². The Hall–Kier alpha value is -1.02. The molecule has 16 heavy (non-hydrogen) atoms. The monoisotopic (exact) mass is 232 g/mol. The topological polar surface area (TPSA) is 9.23 Å². The van der Waals surface area contributed by atoms with Crippen molar-refractivity contribution >= 4 is 15.8 Å². The summed E-state index contributed by atoms with van der Waals surface area (Å²) in [6, 6.07) is 4.18. The van der Waals surface area contributed by atoms with E-state index in [4.69, 9.17) is 4.43 Å². The maximum absolute atomic E-state index is 5.96. The van der Waals surface area contributed by atoms with Gasteiger partial charge in [0.05, 0.1) is 0 Å². The molecule has 0 aliphatic heterocycles. The second kappa shape index (κ2) is 4.87. The number of rotatable bonds is 3. The molecule has 86 valence electrons. The van der Waals surface area contributed by atoms with Crippen LogP contribution < -0.4 is 4.43 Å². The fourth-order valence-corrected chi connectivity index (χ4v) is 1.99. The first-order valence-electron chi connectivity index (χ1n) is 5.52. The van der Waals surface area contributed by atoms with Gasteiger partial charge in [-0.05, 0) is 30.0 Å². The van der Waals surface area contributed by atoms with E-state index in [1.807, 2.05) is 6.08 Å². The Labute approximate surface area is 101 Å². The van der Waals surface area contributed by atoms with Crippen LogP contribution in [-0.2, 0) is 0 Å². The molecule has 0 aromatic heterocycles. The fraction of sp³-hybridized carbons (Fsp3) is 0.429. The van der Waals surface area contributed by atoms with Crippen LogP contribution in [0.1, 0.15) is 37.5 Å². The molecule has 0 saturated carbocycles. The lowest BCUT2D eigenvalue weighted by Crippen LogP contribution is -2.16. The summed E-state index contributed by atoms with van der Waals surface area (Å²) < 4.78 is 5.96. The lowest BCUT2D eigenvalue weighted by Gasteiger charge is -2.20. The number of aryl methyl sites for hydroxylation is 1. The molecule has 0 aliphatic rings. The van der Waals surface area contributed by atoms with E-state index in [1.165, 1.54) is 11.1 Å². The lowest BCUT2D eigenvalue weighted by atomic mass is 10.0. The van der Waals surface area contributed by atoms with Gasteiger partial charge < -0.3 is 4.43 Å². The highest BCUT2D eigenvalue weighted by Gasteiger charge is 2.17. The van der Waals surface area contributed by atoms with Crippen molar-refractivity contribution in [2.24, 2.45) is 0 Å². The molecule has 0 amide bonds. The summed E-state index contributed by atoms with van der Waals surface area (Å²) in [6.45, 7) is 14.6. The van der Waals surface area contributed by atoms with Crippen molar-refractivity contribution in [2.75, 3.05) is 0 Å². The third kappa shape index (κ3) is 3.24. The zero-order chi connectivity index (χ0) is 12.3. The molecule has 1 aromatic carbocycles. The summed E-state index contributed by atoms with van der Waals surface area (Å²) >= 11 is 0. The van der Waals surface area contributed by atoms with E-state index in [0.29, 0.717) is 9.76 Å². The van der Waals surface area contributed by atoms with Crippen molar-refractivity contribution in [3.63, 3.8) is 0 Å². The smallest absolute Gasteiger partial charge is 0.316 e. The number of hydrogen-bond donors (Lipinski definition) is 0. The number of hydrogen-bond acceptors (Lipinski definition) is 1. The van der Waals surface area contributed by atoms with Crippen LogP contribution in [-0.4, -0.2) is 9.76 Å². The summed E-state index contributed by atoms with van der Waals surface area (Å²) in [5, 5.41) is 0.203. The van der Waals surface area contributed by atoms with Gasteiger partial charge in [-0.2, -0.15) is 0 Å². The van der Waals surface area contributed by atoms with Crippen molar-refractivity contribution in [3.8, 4) is 5.75 Å². The van der Waals surface area contributed by atoms with Crippen LogP contribution in [0, 0.1) is 13.8 Å². The Bertz CT molecular complexity index is 388. The van der Waals surface area contributed by atoms with Crippen LogP contribution in [0.2, 0.25) is 5.04 Å². The van der Waals surface area contributed by atoms with Gasteiger partial charge in [-0.15, -0.1) is 0 Å². The predicted molar refractivity (Wildman–Crippen MR) is 72.1 cm³/mol. The SMILES string of the molecule is C=Cc1ccc(C)c(C)c1O[Si]C(C)(C)C. The van der Waals surface area contributed by atoms with Gasteiger partial charge in [-0.3, -0.25) is 0 Å². The molecule has 2 heteroatoms. The van der Waals surface area contributed by atoms with Crippen LogP contribution in [0.3, 0.4) is 0 Å². The summed E-state index contributed by atoms with van der Waals surface area (Å²) in [4.78, 5) is 0. The molecule has 0 atom stereocenters.